The van der Waals surface area contributed by atoms with Crippen molar-refractivity contribution >= 4 is 29.5 Å². The molecule has 0 bridgehead atoms. The van der Waals surface area contributed by atoms with Gasteiger partial charge in [-0.2, -0.15) is 11.8 Å². The Hall–Kier alpha value is -2.98. The summed E-state index contributed by atoms with van der Waals surface area (Å²) in [5.74, 6) is -0.518. The Morgan fingerprint density at radius 2 is 1.65 bits per heavy atom. The number of nitrogens with zero attached hydrogens (tertiary/aromatic N) is 1. The van der Waals surface area contributed by atoms with E-state index in [9.17, 15) is 19.5 Å². The van der Waals surface area contributed by atoms with Crippen LogP contribution in [0.25, 0.3) is 11.1 Å². The molecule has 1 fully saturated rings. The second-order valence-corrected chi connectivity index (χ2v) is 12.2. The molecule has 0 aliphatic heterocycles. The second kappa shape index (κ2) is 17.3. The third-order valence-electron chi connectivity index (χ3n) is 8.18. The van der Waals surface area contributed by atoms with Crippen LogP contribution in [0.3, 0.4) is 0 Å². The quantitative estimate of drug-likeness (QED) is 0.309. The average Bonchev–Trinajstić information content (AvgIpc) is 3.01. The summed E-state index contributed by atoms with van der Waals surface area (Å²) in [6.45, 7) is 3.07. The maximum absolute atomic E-state index is 13.7. The molecule has 1 N–H and O–H groups in total. The zero-order valence-corrected chi connectivity index (χ0v) is 26.5. The minimum absolute atomic E-state index is 0. The summed E-state index contributed by atoms with van der Waals surface area (Å²) in [6, 6.07) is 21.7. The number of hydrogen-bond donors (Lipinski definition) is 1. The number of thioether (sulfide) groups is 1. The molecule has 0 aromatic heterocycles. The smallest absolute Gasteiger partial charge is 0.548 e. The Morgan fingerprint density at radius 1 is 0.953 bits per heavy atom. The van der Waals surface area contributed by atoms with Crippen LogP contribution in [0.1, 0.15) is 76.8 Å². The van der Waals surface area contributed by atoms with Crippen LogP contribution in [0, 0.1) is 12.8 Å². The molecule has 6 nitrogen and oxygen atoms in total. The van der Waals surface area contributed by atoms with E-state index in [1.165, 1.54) is 43.9 Å². The first kappa shape index (κ1) is 34.5. The summed E-state index contributed by atoms with van der Waals surface area (Å²) < 4.78 is 0. The molecular weight excluding hydrogens is 551 g/mol. The normalized spacial score (nSPS) is 13.9. The van der Waals surface area contributed by atoms with Crippen molar-refractivity contribution in [3.8, 4) is 11.1 Å². The van der Waals surface area contributed by atoms with Gasteiger partial charge < -0.3 is 20.1 Å². The van der Waals surface area contributed by atoms with Crippen LogP contribution in [0.15, 0.2) is 72.8 Å². The molecule has 4 rings (SSSR count). The maximum atomic E-state index is 13.7. The van der Waals surface area contributed by atoms with E-state index in [4.69, 9.17) is 0 Å². The molecule has 0 spiro atoms. The van der Waals surface area contributed by atoms with Crippen LogP contribution in [0.4, 0.5) is 0 Å². The molecule has 3 aromatic carbocycles. The number of amides is 2. The molecule has 222 valence electrons. The van der Waals surface area contributed by atoms with Crippen LogP contribution < -0.4 is 29.3 Å². The fourth-order valence-electron chi connectivity index (χ4n) is 5.76. The third kappa shape index (κ3) is 9.76. The van der Waals surface area contributed by atoms with Crippen LogP contribution in [0.2, 0.25) is 0 Å². The maximum Gasteiger partial charge on any atom is 1.00 e. The molecule has 1 aliphatic rings. The number of carbonyl (C=O) groups excluding carboxylic acids is 3. The summed E-state index contributed by atoms with van der Waals surface area (Å²) >= 11 is 1.52. The zero-order chi connectivity index (χ0) is 29.9. The van der Waals surface area contributed by atoms with E-state index in [1.807, 2.05) is 84.8 Å². The number of hydrogen-bond acceptors (Lipinski definition) is 5. The standard InChI is InChI=1S/C35H42N2O4S.Li/c1-25-11-9-10-16-29(25)31-23-27(17-18-30(31)33(38)36-32(35(40)41)20-22-42-2)24-37(21-19-26-12-5-3-6-13-26)34(39)28-14-7-4-8-15-28;/h4,7-11,14-18,23,26,32H,3,5-6,12-13,19-22,24H2,1-2H3,(H,36,38)(H,40,41);/q;+1/p-1. The summed E-state index contributed by atoms with van der Waals surface area (Å²) in [4.78, 5) is 40.8. The number of aliphatic carboxylic acids is 1. The van der Waals surface area contributed by atoms with Gasteiger partial charge in [0, 0.05) is 24.2 Å². The second-order valence-electron chi connectivity index (χ2n) is 11.2. The SMILES string of the molecule is CSCCC(NC(=O)c1ccc(CN(CCC2CCCCC2)C(=O)c2ccccc2)cc1-c1ccccc1C)C(=O)[O-].[Li+]. The van der Waals surface area contributed by atoms with Gasteiger partial charge in [0.05, 0.1) is 12.0 Å². The van der Waals surface area contributed by atoms with E-state index >= 15 is 0 Å². The van der Waals surface area contributed by atoms with E-state index < -0.39 is 17.9 Å². The van der Waals surface area contributed by atoms with Gasteiger partial charge >= 0.3 is 18.9 Å². The molecule has 1 atom stereocenters. The molecule has 1 aliphatic carbocycles. The molecular formula is C35H41LiN2O4S. The van der Waals surface area contributed by atoms with Gasteiger partial charge in [0.25, 0.3) is 11.8 Å². The minimum Gasteiger partial charge on any atom is -0.548 e. The van der Waals surface area contributed by atoms with E-state index in [1.54, 1.807) is 6.07 Å². The number of rotatable bonds is 13. The molecule has 8 heteroatoms. The van der Waals surface area contributed by atoms with Crippen LogP contribution in [-0.2, 0) is 11.3 Å². The molecule has 43 heavy (non-hydrogen) atoms. The monoisotopic (exact) mass is 592 g/mol. The average molecular weight is 593 g/mol. The molecule has 1 saturated carbocycles. The summed E-state index contributed by atoms with van der Waals surface area (Å²) in [6.07, 6.45) is 9.41. The molecule has 0 radical (unpaired) electrons. The Kier molecular flexibility index (Phi) is 13.9. The van der Waals surface area contributed by atoms with Crippen molar-refractivity contribution in [3.05, 3.63) is 95.1 Å². The Labute approximate surface area is 272 Å². The van der Waals surface area contributed by atoms with Gasteiger partial charge in [0.1, 0.15) is 0 Å². The van der Waals surface area contributed by atoms with Crippen LogP contribution in [-0.4, -0.2) is 47.3 Å². The van der Waals surface area contributed by atoms with Gasteiger partial charge in [-0.25, -0.2) is 0 Å². The van der Waals surface area contributed by atoms with Crippen LogP contribution in [0.5, 0.6) is 0 Å². The van der Waals surface area contributed by atoms with Gasteiger partial charge in [-0.05, 0) is 84.2 Å². The predicted molar refractivity (Wildman–Crippen MR) is 168 cm³/mol. The largest absolute Gasteiger partial charge is 1.00 e. The van der Waals surface area contributed by atoms with Crippen molar-refractivity contribution in [1.29, 1.82) is 0 Å². The Bertz CT molecular complexity index is 1360. The van der Waals surface area contributed by atoms with Gasteiger partial charge in [0.2, 0.25) is 0 Å². The van der Waals surface area contributed by atoms with Crippen molar-refractivity contribution in [2.45, 2.75) is 64.5 Å². The number of carbonyl (C=O) groups is 3. The van der Waals surface area contributed by atoms with E-state index in [0.29, 0.717) is 41.5 Å². The van der Waals surface area contributed by atoms with Gasteiger partial charge in [-0.3, -0.25) is 9.59 Å². The summed E-state index contributed by atoms with van der Waals surface area (Å²) in [5.41, 5.74) is 4.57. The fraction of sp³-hybridized carbons (Fsp3) is 0.400. The van der Waals surface area contributed by atoms with E-state index in [2.05, 4.69) is 5.32 Å². The van der Waals surface area contributed by atoms with E-state index in [-0.39, 0.29) is 31.2 Å². The van der Waals surface area contributed by atoms with E-state index in [0.717, 1.165) is 23.1 Å². The molecule has 2 amide bonds. The topological polar surface area (TPSA) is 89.5 Å². The number of nitrogens with one attached hydrogen (secondary N) is 1. The van der Waals surface area contributed by atoms with Crippen molar-refractivity contribution in [2.24, 2.45) is 5.92 Å². The molecule has 3 aromatic rings. The fourth-order valence-corrected chi connectivity index (χ4v) is 6.23. The Balaban J connectivity index is 0.00000506. The van der Waals surface area contributed by atoms with Crippen molar-refractivity contribution in [3.63, 3.8) is 0 Å². The molecule has 1 unspecified atom stereocenters. The first-order valence-corrected chi connectivity index (χ1v) is 16.3. The van der Waals surface area contributed by atoms with Crippen molar-refractivity contribution in [1.82, 2.24) is 10.2 Å². The summed E-state index contributed by atoms with van der Waals surface area (Å²) in [5, 5.41) is 14.4. The number of benzene rings is 3. The number of carboxylic acids is 1. The number of carboxylic acid groups (broad SMARTS) is 1. The van der Waals surface area contributed by atoms with Gasteiger partial charge in [0.15, 0.2) is 0 Å². The van der Waals surface area contributed by atoms with Crippen LogP contribution >= 0.6 is 11.8 Å². The zero-order valence-electron chi connectivity index (χ0n) is 25.6. The molecule has 0 saturated heterocycles. The Morgan fingerprint density at radius 3 is 2.33 bits per heavy atom. The third-order valence-corrected chi connectivity index (χ3v) is 8.82. The first-order valence-electron chi connectivity index (χ1n) is 14.9. The van der Waals surface area contributed by atoms with Gasteiger partial charge in [-0.15, -0.1) is 0 Å². The summed E-state index contributed by atoms with van der Waals surface area (Å²) in [7, 11) is 0. The van der Waals surface area contributed by atoms with Crippen molar-refractivity contribution in [2.75, 3.05) is 18.6 Å². The first-order chi connectivity index (χ1) is 20.4. The number of aryl methyl sites for hydroxylation is 1. The van der Waals surface area contributed by atoms with Gasteiger partial charge in [-0.1, -0.05) is 80.6 Å². The minimum atomic E-state index is -1.29. The predicted octanol–water partition coefficient (Wildman–Crippen LogP) is 2.88. The van der Waals surface area contributed by atoms with Crippen molar-refractivity contribution < 1.29 is 38.4 Å². The molecule has 0 heterocycles.